The van der Waals surface area contributed by atoms with E-state index in [1.165, 1.54) is 6.07 Å². The number of hydrogen-bond donors (Lipinski definition) is 1. The summed E-state index contributed by atoms with van der Waals surface area (Å²) >= 11 is 0. The van der Waals surface area contributed by atoms with Crippen LogP contribution in [-0.2, 0) is 11.3 Å². The predicted molar refractivity (Wildman–Crippen MR) is 64.1 cm³/mol. The number of benzene rings is 1. The molecule has 0 amide bonds. The number of anilines is 1. The summed E-state index contributed by atoms with van der Waals surface area (Å²) in [6.45, 7) is 1.67. The molecule has 0 spiro atoms. The fraction of sp³-hybridized carbons (Fsp3) is 0.250. The number of nitrogens with one attached hydrogen (secondary N) is 1. The SMILES string of the molecule is COC(=O)c1ccc(NCc2noc(C)n2)c(F)c1F. The van der Waals surface area contributed by atoms with E-state index in [0.29, 0.717) is 11.7 Å². The molecule has 0 aliphatic carbocycles. The molecule has 0 atom stereocenters. The third-order valence-electron chi connectivity index (χ3n) is 2.49. The number of aromatic nitrogens is 2. The van der Waals surface area contributed by atoms with Crippen LogP contribution in [0.2, 0.25) is 0 Å². The number of halogens is 2. The van der Waals surface area contributed by atoms with Gasteiger partial charge in [0.1, 0.15) is 0 Å². The first-order valence-corrected chi connectivity index (χ1v) is 5.62. The van der Waals surface area contributed by atoms with Crippen molar-refractivity contribution < 1.29 is 22.8 Å². The maximum Gasteiger partial charge on any atom is 0.340 e. The Morgan fingerprint density at radius 1 is 1.40 bits per heavy atom. The second-order valence-electron chi connectivity index (χ2n) is 3.86. The van der Waals surface area contributed by atoms with Crippen LogP contribution in [0.3, 0.4) is 0 Å². The quantitative estimate of drug-likeness (QED) is 0.865. The zero-order valence-corrected chi connectivity index (χ0v) is 10.7. The zero-order chi connectivity index (χ0) is 14.7. The van der Waals surface area contributed by atoms with Crippen molar-refractivity contribution in [2.24, 2.45) is 0 Å². The number of aryl methyl sites for hydroxylation is 1. The van der Waals surface area contributed by atoms with Crippen molar-refractivity contribution in [2.75, 3.05) is 12.4 Å². The number of ether oxygens (including phenoxy) is 1. The molecule has 0 saturated carbocycles. The first kappa shape index (κ1) is 13.9. The Balaban J connectivity index is 2.17. The van der Waals surface area contributed by atoms with E-state index in [0.717, 1.165) is 13.2 Å². The Labute approximate surface area is 112 Å². The number of esters is 1. The molecule has 0 saturated heterocycles. The third-order valence-corrected chi connectivity index (χ3v) is 2.49. The van der Waals surface area contributed by atoms with Crippen molar-refractivity contribution in [1.82, 2.24) is 10.1 Å². The summed E-state index contributed by atoms with van der Waals surface area (Å²) < 4.78 is 36.5. The molecular weight excluding hydrogens is 272 g/mol. The van der Waals surface area contributed by atoms with Gasteiger partial charge < -0.3 is 14.6 Å². The average Bonchev–Trinajstić information content (AvgIpc) is 2.85. The molecule has 6 nitrogen and oxygen atoms in total. The van der Waals surface area contributed by atoms with E-state index in [4.69, 9.17) is 4.52 Å². The molecule has 1 N–H and O–H groups in total. The van der Waals surface area contributed by atoms with E-state index in [9.17, 15) is 13.6 Å². The molecule has 0 aliphatic rings. The molecule has 0 unspecified atom stereocenters. The van der Waals surface area contributed by atoms with Gasteiger partial charge in [-0.2, -0.15) is 4.98 Å². The topological polar surface area (TPSA) is 77.2 Å². The lowest BCUT2D eigenvalue weighted by Crippen LogP contribution is -2.09. The highest BCUT2D eigenvalue weighted by molar-refractivity contribution is 5.90. The van der Waals surface area contributed by atoms with E-state index < -0.39 is 23.2 Å². The summed E-state index contributed by atoms with van der Waals surface area (Å²) in [4.78, 5) is 15.1. The minimum Gasteiger partial charge on any atom is -0.465 e. The molecular formula is C12H11F2N3O3. The lowest BCUT2D eigenvalue weighted by molar-refractivity contribution is 0.0594. The van der Waals surface area contributed by atoms with Crippen LogP contribution in [0, 0.1) is 18.6 Å². The van der Waals surface area contributed by atoms with Crippen molar-refractivity contribution in [1.29, 1.82) is 0 Å². The summed E-state index contributed by atoms with van der Waals surface area (Å²) in [6.07, 6.45) is 0. The molecule has 2 aromatic rings. The van der Waals surface area contributed by atoms with E-state index in [2.05, 4.69) is 20.2 Å². The normalized spacial score (nSPS) is 10.4. The molecule has 106 valence electrons. The van der Waals surface area contributed by atoms with Crippen molar-refractivity contribution in [3.63, 3.8) is 0 Å². The summed E-state index contributed by atoms with van der Waals surface area (Å²) in [5, 5.41) is 6.22. The van der Waals surface area contributed by atoms with Crippen LogP contribution in [0.25, 0.3) is 0 Å². The molecule has 0 radical (unpaired) electrons. The van der Waals surface area contributed by atoms with Gasteiger partial charge in [-0.3, -0.25) is 0 Å². The van der Waals surface area contributed by atoms with E-state index in [1.54, 1.807) is 6.92 Å². The van der Waals surface area contributed by atoms with Gasteiger partial charge in [0, 0.05) is 6.92 Å². The standard InChI is InChI=1S/C12H11F2N3O3/c1-6-16-9(17-20-6)5-15-8-4-3-7(12(18)19-2)10(13)11(8)14/h3-4,15H,5H2,1-2H3. The van der Waals surface area contributed by atoms with E-state index >= 15 is 0 Å². The van der Waals surface area contributed by atoms with Gasteiger partial charge in [-0.25, -0.2) is 13.6 Å². The number of methoxy groups -OCH3 is 1. The van der Waals surface area contributed by atoms with Crippen LogP contribution in [0.5, 0.6) is 0 Å². The number of nitrogens with zero attached hydrogens (tertiary/aromatic N) is 2. The van der Waals surface area contributed by atoms with Gasteiger partial charge in [0.05, 0.1) is 24.9 Å². The van der Waals surface area contributed by atoms with Gasteiger partial charge in [-0.05, 0) is 12.1 Å². The van der Waals surface area contributed by atoms with Crippen LogP contribution in [0.15, 0.2) is 16.7 Å². The number of carbonyl (C=O) groups is 1. The smallest absolute Gasteiger partial charge is 0.340 e. The van der Waals surface area contributed by atoms with Crippen LogP contribution in [0.1, 0.15) is 22.1 Å². The van der Waals surface area contributed by atoms with Crippen molar-refractivity contribution in [3.05, 3.63) is 41.0 Å². The second kappa shape index (κ2) is 5.64. The minimum atomic E-state index is -1.27. The lowest BCUT2D eigenvalue weighted by atomic mass is 10.2. The Morgan fingerprint density at radius 3 is 2.75 bits per heavy atom. The molecule has 0 fully saturated rings. The largest absolute Gasteiger partial charge is 0.465 e. The fourth-order valence-electron chi connectivity index (χ4n) is 1.54. The van der Waals surface area contributed by atoms with Gasteiger partial charge >= 0.3 is 5.97 Å². The third kappa shape index (κ3) is 2.73. The lowest BCUT2D eigenvalue weighted by Gasteiger charge is -2.08. The first-order valence-electron chi connectivity index (χ1n) is 5.62. The molecule has 8 heteroatoms. The first-order chi connectivity index (χ1) is 9.52. The maximum atomic E-state index is 13.8. The summed E-state index contributed by atoms with van der Waals surface area (Å²) in [6, 6.07) is 2.37. The van der Waals surface area contributed by atoms with E-state index in [-0.39, 0.29) is 12.2 Å². The number of hydrogen-bond acceptors (Lipinski definition) is 6. The maximum absolute atomic E-state index is 13.8. The molecule has 0 bridgehead atoms. The Kier molecular flexibility index (Phi) is 3.92. The zero-order valence-electron chi connectivity index (χ0n) is 10.7. The second-order valence-corrected chi connectivity index (χ2v) is 3.86. The molecule has 20 heavy (non-hydrogen) atoms. The van der Waals surface area contributed by atoms with Gasteiger partial charge in [0.25, 0.3) is 0 Å². The van der Waals surface area contributed by atoms with Gasteiger partial charge in [-0.1, -0.05) is 5.16 Å². The average molecular weight is 283 g/mol. The van der Waals surface area contributed by atoms with Gasteiger partial charge in [0.2, 0.25) is 5.89 Å². The van der Waals surface area contributed by atoms with Crippen molar-refractivity contribution in [2.45, 2.75) is 13.5 Å². The number of carbonyl (C=O) groups excluding carboxylic acids is 1. The highest BCUT2D eigenvalue weighted by atomic mass is 19.2. The van der Waals surface area contributed by atoms with Gasteiger partial charge in [-0.15, -0.1) is 0 Å². The Bertz CT molecular complexity index is 643. The monoisotopic (exact) mass is 283 g/mol. The fourth-order valence-corrected chi connectivity index (χ4v) is 1.54. The summed E-state index contributed by atoms with van der Waals surface area (Å²) in [5.74, 6) is -2.71. The van der Waals surface area contributed by atoms with E-state index in [1.807, 2.05) is 0 Å². The van der Waals surface area contributed by atoms with Crippen LogP contribution < -0.4 is 5.32 Å². The predicted octanol–water partition coefficient (Wildman–Crippen LogP) is 2.05. The molecule has 1 aromatic heterocycles. The Hall–Kier alpha value is -2.51. The minimum absolute atomic E-state index is 0.0608. The highest BCUT2D eigenvalue weighted by Gasteiger charge is 2.19. The molecule has 2 rings (SSSR count). The van der Waals surface area contributed by atoms with Crippen LogP contribution >= 0.6 is 0 Å². The highest BCUT2D eigenvalue weighted by Crippen LogP contribution is 2.21. The molecule has 0 aliphatic heterocycles. The van der Waals surface area contributed by atoms with Crippen molar-refractivity contribution >= 4 is 11.7 Å². The van der Waals surface area contributed by atoms with Gasteiger partial charge in [0.15, 0.2) is 17.5 Å². The number of rotatable bonds is 4. The van der Waals surface area contributed by atoms with Crippen LogP contribution in [0.4, 0.5) is 14.5 Å². The Morgan fingerprint density at radius 2 is 2.15 bits per heavy atom. The van der Waals surface area contributed by atoms with Crippen LogP contribution in [-0.4, -0.2) is 23.2 Å². The van der Waals surface area contributed by atoms with Crippen molar-refractivity contribution in [3.8, 4) is 0 Å². The molecule has 1 heterocycles. The molecule has 1 aromatic carbocycles. The summed E-state index contributed by atoms with van der Waals surface area (Å²) in [7, 11) is 1.09. The summed E-state index contributed by atoms with van der Waals surface area (Å²) in [5.41, 5.74) is -0.580.